The van der Waals surface area contributed by atoms with Crippen molar-refractivity contribution in [3.63, 3.8) is 0 Å². The van der Waals surface area contributed by atoms with Crippen molar-refractivity contribution < 1.29 is 23.6 Å². The van der Waals surface area contributed by atoms with Crippen LogP contribution in [-0.4, -0.2) is 27.4 Å². The van der Waals surface area contributed by atoms with Gasteiger partial charge in [0.1, 0.15) is 11.4 Å². The molecule has 0 saturated carbocycles. The van der Waals surface area contributed by atoms with E-state index >= 15 is 0 Å². The molecule has 0 N–H and O–H groups in total. The molecule has 2 amide bonds. The highest BCUT2D eigenvalue weighted by Crippen LogP contribution is 2.20. The lowest BCUT2D eigenvalue weighted by molar-refractivity contribution is -0.185. The minimum atomic E-state index is -1.03. The Balaban J connectivity index is 1.94. The van der Waals surface area contributed by atoms with Crippen LogP contribution in [-0.2, 0) is 34.3 Å². The minimum absolute atomic E-state index is 0.281. The Morgan fingerprint density at radius 1 is 1.10 bits per heavy atom. The second kappa shape index (κ2) is 8.91. The van der Waals surface area contributed by atoms with Crippen molar-refractivity contribution in [1.29, 1.82) is 0 Å². The fourth-order valence-corrected chi connectivity index (χ4v) is 3.28. The zero-order valence-corrected chi connectivity index (χ0v) is 17.3. The normalized spacial score (nSPS) is 10.7. The second-order valence-corrected chi connectivity index (χ2v) is 7.01. The average Bonchev–Trinajstić information content (AvgIpc) is 2.75. The summed E-state index contributed by atoms with van der Waals surface area (Å²) in [5.74, 6) is -3.25. The van der Waals surface area contributed by atoms with Crippen LogP contribution in [0.25, 0.3) is 10.9 Å². The van der Waals surface area contributed by atoms with E-state index in [2.05, 4.69) is 0 Å². The first-order valence-electron chi connectivity index (χ1n) is 9.64. The lowest BCUT2D eigenvalue weighted by Crippen LogP contribution is -2.41. The molecule has 0 aliphatic rings. The number of aromatic nitrogens is 1. The van der Waals surface area contributed by atoms with E-state index in [-0.39, 0.29) is 17.0 Å². The van der Waals surface area contributed by atoms with Crippen molar-refractivity contribution >= 4 is 28.7 Å². The van der Waals surface area contributed by atoms with Crippen molar-refractivity contribution in [3.05, 3.63) is 81.4 Å². The third-order valence-electron chi connectivity index (χ3n) is 4.90. The predicted molar refractivity (Wildman–Crippen MR) is 112 cm³/mol. The smallest absolute Gasteiger partial charge is 0.330 e. The molecule has 1 aromatic heterocycles. The number of pyridine rings is 1. The van der Waals surface area contributed by atoms with E-state index in [4.69, 9.17) is 4.84 Å². The molecule has 8 heteroatoms. The highest BCUT2D eigenvalue weighted by Gasteiger charge is 2.28. The van der Waals surface area contributed by atoms with E-state index in [9.17, 15) is 23.6 Å². The maximum absolute atomic E-state index is 13.0. The third-order valence-corrected chi connectivity index (χ3v) is 4.90. The van der Waals surface area contributed by atoms with E-state index in [0.29, 0.717) is 22.9 Å². The Bertz CT molecular complexity index is 1230. The van der Waals surface area contributed by atoms with Crippen molar-refractivity contribution in [3.8, 4) is 0 Å². The van der Waals surface area contributed by atoms with Gasteiger partial charge < -0.3 is 9.40 Å². The number of benzene rings is 2. The maximum atomic E-state index is 13.0. The zero-order valence-electron chi connectivity index (χ0n) is 17.3. The van der Waals surface area contributed by atoms with Crippen molar-refractivity contribution in [1.82, 2.24) is 9.63 Å². The summed E-state index contributed by atoms with van der Waals surface area (Å²) in [5.41, 5.74) is 1.09. The van der Waals surface area contributed by atoms with Crippen LogP contribution in [0, 0.1) is 5.82 Å². The molecule has 0 bridgehead atoms. The van der Waals surface area contributed by atoms with E-state index in [1.807, 2.05) is 19.1 Å². The van der Waals surface area contributed by atoms with Crippen molar-refractivity contribution in [2.24, 2.45) is 7.05 Å². The van der Waals surface area contributed by atoms with Crippen molar-refractivity contribution in [2.45, 2.75) is 26.7 Å². The quantitative estimate of drug-likeness (QED) is 0.601. The number of hydrogen-bond donors (Lipinski definition) is 0. The first kappa shape index (κ1) is 21.9. The molecule has 160 valence electrons. The van der Waals surface area contributed by atoms with Gasteiger partial charge in [0, 0.05) is 19.4 Å². The van der Waals surface area contributed by atoms with Crippen LogP contribution in [0.1, 0.15) is 35.3 Å². The number of aryl methyl sites for hydroxylation is 2. The average molecular weight is 424 g/mol. The van der Waals surface area contributed by atoms with E-state index < -0.39 is 29.2 Å². The maximum Gasteiger partial charge on any atom is 0.337 e. The van der Waals surface area contributed by atoms with Crippen LogP contribution in [0.15, 0.2) is 53.3 Å². The standard InChI is InChI=1S/C23H21FN2O5/c1-4-16-6-5-7-20-18(16)13-19(22(29)25(20)3)23(30)26(14(2)27)31-21(28)12-15-8-10-17(24)11-9-15/h5-11,13H,4,12H2,1-3H3. The number of carbonyl (C=O) groups excluding carboxylic acids is 3. The number of hydrogen-bond acceptors (Lipinski definition) is 5. The zero-order chi connectivity index (χ0) is 22.7. The Morgan fingerprint density at radius 3 is 2.39 bits per heavy atom. The van der Waals surface area contributed by atoms with Gasteiger partial charge in [-0.15, -0.1) is 0 Å². The Morgan fingerprint density at radius 2 is 1.77 bits per heavy atom. The summed E-state index contributed by atoms with van der Waals surface area (Å²) in [7, 11) is 1.53. The molecule has 3 rings (SSSR count). The summed E-state index contributed by atoms with van der Waals surface area (Å²) in [6.45, 7) is 2.99. The van der Waals surface area contributed by atoms with Gasteiger partial charge in [-0.3, -0.25) is 14.4 Å². The number of fused-ring (bicyclic) bond motifs is 1. The molecule has 0 fully saturated rings. The van der Waals surface area contributed by atoms with Crippen LogP contribution in [0.5, 0.6) is 0 Å². The second-order valence-electron chi connectivity index (χ2n) is 7.01. The first-order chi connectivity index (χ1) is 14.7. The topological polar surface area (TPSA) is 85.7 Å². The molecule has 0 unspecified atom stereocenters. The van der Waals surface area contributed by atoms with E-state index in [1.54, 1.807) is 6.07 Å². The van der Waals surface area contributed by atoms with Gasteiger partial charge in [-0.25, -0.2) is 9.18 Å². The SMILES string of the molecule is CCc1cccc2c1cc(C(=O)N(OC(=O)Cc1ccc(F)cc1)C(C)=O)c(=O)n2C. The molecular weight excluding hydrogens is 403 g/mol. The van der Waals surface area contributed by atoms with Crippen LogP contribution in [0.2, 0.25) is 0 Å². The molecule has 0 saturated heterocycles. The van der Waals surface area contributed by atoms with E-state index in [0.717, 1.165) is 12.5 Å². The summed E-state index contributed by atoms with van der Waals surface area (Å²) < 4.78 is 14.3. The lowest BCUT2D eigenvalue weighted by atomic mass is 10.0. The number of amides is 2. The molecule has 0 atom stereocenters. The summed E-state index contributed by atoms with van der Waals surface area (Å²) in [6.07, 6.45) is 0.388. The highest BCUT2D eigenvalue weighted by atomic mass is 19.1. The molecule has 0 spiro atoms. The third kappa shape index (κ3) is 4.53. The fraction of sp³-hybridized carbons (Fsp3) is 0.217. The van der Waals surface area contributed by atoms with Gasteiger partial charge in [-0.05, 0) is 41.8 Å². The van der Waals surface area contributed by atoms with Gasteiger partial charge in [0.15, 0.2) is 0 Å². The molecular formula is C23H21FN2O5. The Kier molecular flexibility index (Phi) is 6.29. The van der Waals surface area contributed by atoms with Gasteiger partial charge in [0.2, 0.25) is 0 Å². The molecule has 2 aromatic carbocycles. The molecule has 31 heavy (non-hydrogen) atoms. The van der Waals surface area contributed by atoms with Gasteiger partial charge >= 0.3 is 5.97 Å². The first-order valence-corrected chi connectivity index (χ1v) is 9.64. The minimum Gasteiger partial charge on any atom is -0.330 e. The highest BCUT2D eigenvalue weighted by molar-refractivity contribution is 6.05. The van der Waals surface area contributed by atoms with Gasteiger partial charge in [0.25, 0.3) is 17.4 Å². The summed E-state index contributed by atoms with van der Waals surface area (Å²) in [4.78, 5) is 55.1. The number of halogens is 1. The van der Waals surface area contributed by atoms with Crippen LogP contribution < -0.4 is 5.56 Å². The van der Waals surface area contributed by atoms with Gasteiger partial charge in [-0.1, -0.05) is 36.3 Å². The molecule has 7 nitrogen and oxygen atoms in total. The lowest BCUT2D eigenvalue weighted by Gasteiger charge is -2.18. The molecule has 3 aromatic rings. The van der Waals surface area contributed by atoms with E-state index in [1.165, 1.54) is 41.9 Å². The summed E-state index contributed by atoms with van der Waals surface area (Å²) >= 11 is 0. The molecule has 0 aliphatic carbocycles. The fourth-order valence-electron chi connectivity index (χ4n) is 3.28. The largest absolute Gasteiger partial charge is 0.337 e. The van der Waals surface area contributed by atoms with Crippen LogP contribution >= 0.6 is 0 Å². The van der Waals surface area contributed by atoms with Gasteiger partial charge in [0.05, 0.1) is 11.9 Å². The van der Waals surface area contributed by atoms with Crippen LogP contribution in [0.3, 0.4) is 0 Å². The summed E-state index contributed by atoms with van der Waals surface area (Å²) in [5, 5.41) is 0.972. The number of nitrogens with zero attached hydrogens (tertiary/aromatic N) is 2. The molecule has 0 aliphatic heterocycles. The molecule has 1 heterocycles. The number of hydroxylamine groups is 2. The molecule has 0 radical (unpaired) electrons. The summed E-state index contributed by atoms with van der Waals surface area (Å²) in [6, 6.07) is 12.0. The predicted octanol–water partition coefficient (Wildman–Crippen LogP) is 2.93. The monoisotopic (exact) mass is 424 g/mol. The number of rotatable bonds is 4. The number of carbonyl (C=O) groups is 3. The Hall–Kier alpha value is -3.81. The Labute approximate surface area is 177 Å². The number of imide groups is 1. The van der Waals surface area contributed by atoms with Crippen molar-refractivity contribution in [2.75, 3.05) is 0 Å². The van der Waals surface area contributed by atoms with Gasteiger partial charge in [-0.2, -0.15) is 0 Å². The van der Waals surface area contributed by atoms with Crippen LogP contribution in [0.4, 0.5) is 4.39 Å².